The second-order valence-electron chi connectivity index (χ2n) is 5.65. The molecule has 0 spiro atoms. The molecule has 1 aromatic carbocycles. The highest BCUT2D eigenvalue weighted by Gasteiger charge is 2.23. The number of likely N-dealkylation sites (N-methyl/N-ethyl adjacent to an activating group) is 2. The molecule has 0 saturated carbocycles. The maximum absolute atomic E-state index is 11.5. The van der Waals surface area contributed by atoms with Crippen LogP contribution in [0.25, 0.3) is 0 Å². The van der Waals surface area contributed by atoms with E-state index in [9.17, 15) is 8.42 Å². The summed E-state index contributed by atoms with van der Waals surface area (Å²) in [4.78, 5) is 4.73. The van der Waals surface area contributed by atoms with E-state index in [1.165, 1.54) is 19.1 Å². The summed E-state index contributed by atoms with van der Waals surface area (Å²) < 4.78 is 23.0. The van der Waals surface area contributed by atoms with Gasteiger partial charge >= 0.3 is 0 Å². The summed E-state index contributed by atoms with van der Waals surface area (Å²) in [6, 6.07) is 5.49. The number of hydrogen-bond acceptors (Lipinski definition) is 5. The molecule has 2 rings (SSSR count). The van der Waals surface area contributed by atoms with E-state index in [4.69, 9.17) is 5.73 Å². The second-order valence-corrected chi connectivity index (χ2v) is 7.67. The first-order valence-electron chi connectivity index (χ1n) is 6.80. The Morgan fingerprint density at radius 3 is 2.65 bits per heavy atom. The lowest BCUT2D eigenvalue weighted by Crippen LogP contribution is -2.36. The van der Waals surface area contributed by atoms with Crippen LogP contribution in [0.5, 0.6) is 0 Å². The zero-order chi connectivity index (χ0) is 14.9. The summed E-state index contributed by atoms with van der Waals surface area (Å²) in [5.74, 6) is 0. The second kappa shape index (κ2) is 5.61. The number of rotatable bonds is 4. The number of likely N-dealkylation sites (tertiary alicyclic amines) is 1. The number of nitrogens with zero attached hydrogens (tertiary/aromatic N) is 2. The van der Waals surface area contributed by atoms with Gasteiger partial charge in [-0.15, -0.1) is 0 Å². The molecule has 0 aromatic heterocycles. The Balaban J connectivity index is 2.16. The fourth-order valence-electron chi connectivity index (χ4n) is 2.74. The van der Waals surface area contributed by atoms with Crippen LogP contribution in [0.1, 0.15) is 12.8 Å². The first kappa shape index (κ1) is 15.1. The van der Waals surface area contributed by atoms with Gasteiger partial charge < -0.3 is 15.5 Å². The summed E-state index contributed by atoms with van der Waals surface area (Å²) >= 11 is 0. The number of nitrogens with two attached hydrogens (primary N) is 1. The van der Waals surface area contributed by atoms with Crippen molar-refractivity contribution in [3.63, 3.8) is 0 Å². The van der Waals surface area contributed by atoms with Crippen molar-refractivity contribution >= 4 is 21.2 Å². The van der Waals surface area contributed by atoms with Crippen molar-refractivity contribution in [3.05, 3.63) is 18.2 Å². The molecule has 112 valence electrons. The molecule has 1 saturated heterocycles. The standard InChI is InChI=1S/C14H23N3O2S/c1-16-8-4-5-11(16)10-17(2)14-7-6-12(9-13(14)15)20(3,18)19/h6-7,9,11H,4-5,8,10,15H2,1-3H3. The predicted octanol–water partition coefficient (Wildman–Crippen LogP) is 1.20. The fourth-order valence-corrected chi connectivity index (χ4v) is 3.39. The summed E-state index contributed by atoms with van der Waals surface area (Å²) in [5.41, 5.74) is 7.41. The van der Waals surface area contributed by atoms with Crippen LogP contribution < -0.4 is 10.6 Å². The van der Waals surface area contributed by atoms with Gasteiger partial charge in [0.05, 0.1) is 16.3 Å². The lowest BCUT2D eigenvalue weighted by atomic mass is 10.2. The molecule has 1 unspecified atom stereocenters. The summed E-state index contributed by atoms with van der Waals surface area (Å²) in [7, 11) is 0.933. The van der Waals surface area contributed by atoms with Crippen molar-refractivity contribution in [1.29, 1.82) is 0 Å². The summed E-state index contributed by atoms with van der Waals surface area (Å²) in [5, 5.41) is 0. The van der Waals surface area contributed by atoms with Crippen molar-refractivity contribution in [2.75, 3.05) is 44.1 Å². The van der Waals surface area contributed by atoms with Crippen molar-refractivity contribution in [3.8, 4) is 0 Å². The van der Waals surface area contributed by atoms with Gasteiger partial charge in [-0.05, 0) is 44.6 Å². The highest BCUT2D eigenvalue weighted by molar-refractivity contribution is 7.90. The van der Waals surface area contributed by atoms with E-state index in [0.717, 1.165) is 18.8 Å². The molecule has 1 aromatic rings. The number of nitrogen functional groups attached to an aromatic ring is 1. The monoisotopic (exact) mass is 297 g/mol. The normalized spacial score (nSPS) is 20.2. The number of benzene rings is 1. The van der Waals surface area contributed by atoms with Crippen LogP contribution in [0.15, 0.2) is 23.1 Å². The lowest BCUT2D eigenvalue weighted by molar-refractivity contribution is 0.314. The minimum atomic E-state index is -3.21. The van der Waals surface area contributed by atoms with Crippen LogP contribution >= 0.6 is 0 Å². The van der Waals surface area contributed by atoms with Gasteiger partial charge in [-0.25, -0.2) is 8.42 Å². The quantitative estimate of drug-likeness (QED) is 0.846. The van der Waals surface area contributed by atoms with Gasteiger partial charge in [0.2, 0.25) is 0 Å². The van der Waals surface area contributed by atoms with Gasteiger partial charge in [0.1, 0.15) is 0 Å². The van der Waals surface area contributed by atoms with Gasteiger partial charge in [0.15, 0.2) is 9.84 Å². The summed E-state index contributed by atoms with van der Waals surface area (Å²) in [6.07, 6.45) is 3.62. The molecule has 1 heterocycles. The Kier molecular flexibility index (Phi) is 4.25. The first-order valence-corrected chi connectivity index (χ1v) is 8.69. The van der Waals surface area contributed by atoms with Crippen molar-refractivity contribution in [2.24, 2.45) is 0 Å². The molecule has 20 heavy (non-hydrogen) atoms. The van der Waals surface area contributed by atoms with E-state index in [2.05, 4.69) is 16.8 Å². The molecular formula is C14H23N3O2S. The highest BCUT2D eigenvalue weighted by atomic mass is 32.2. The van der Waals surface area contributed by atoms with Crippen LogP contribution in [0.3, 0.4) is 0 Å². The van der Waals surface area contributed by atoms with Gasteiger partial charge in [-0.1, -0.05) is 0 Å². The first-order chi connectivity index (χ1) is 9.29. The maximum atomic E-state index is 11.5. The number of hydrogen-bond donors (Lipinski definition) is 1. The SMILES string of the molecule is CN(CC1CCCN1C)c1ccc(S(C)(=O)=O)cc1N. The smallest absolute Gasteiger partial charge is 0.175 e. The molecule has 2 N–H and O–H groups in total. The van der Waals surface area contributed by atoms with E-state index in [0.29, 0.717) is 11.7 Å². The van der Waals surface area contributed by atoms with Crippen LogP contribution in [0, 0.1) is 0 Å². The molecule has 1 fully saturated rings. The molecule has 1 atom stereocenters. The van der Waals surface area contributed by atoms with Crippen LogP contribution in [-0.2, 0) is 9.84 Å². The maximum Gasteiger partial charge on any atom is 0.175 e. The molecule has 1 aliphatic rings. The van der Waals surface area contributed by atoms with Gasteiger partial charge in [0, 0.05) is 25.9 Å². The Morgan fingerprint density at radius 1 is 1.45 bits per heavy atom. The lowest BCUT2D eigenvalue weighted by Gasteiger charge is -2.28. The minimum absolute atomic E-state index is 0.269. The van der Waals surface area contributed by atoms with E-state index in [1.54, 1.807) is 18.2 Å². The number of sulfone groups is 1. The van der Waals surface area contributed by atoms with Gasteiger partial charge in [-0.3, -0.25) is 0 Å². The Hall–Kier alpha value is -1.27. The summed E-state index contributed by atoms with van der Waals surface area (Å²) in [6.45, 7) is 2.04. The van der Waals surface area contributed by atoms with E-state index >= 15 is 0 Å². The molecule has 0 aliphatic carbocycles. The molecule has 6 heteroatoms. The van der Waals surface area contributed by atoms with Crippen molar-refractivity contribution in [1.82, 2.24) is 4.90 Å². The van der Waals surface area contributed by atoms with Gasteiger partial charge in [0.25, 0.3) is 0 Å². The zero-order valence-electron chi connectivity index (χ0n) is 12.3. The van der Waals surface area contributed by atoms with Gasteiger partial charge in [-0.2, -0.15) is 0 Å². The van der Waals surface area contributed by atoms with Crippen LogP contribution in [-0.4, -0.2) is 52.8 Å². The molecule has 0 amide bonds. The Bertz CT molecular complexity index is 586. The molecular weight excluding hydrogens is 274 g/mol. The molecule has 5 nitrogen and oxygen atoms in total. The minimum Gasteiger partial charge on any atom is -0.397 e. The highest BCUT2D eigenvalue weighted by Crippen LogP contribution is 2.27. The average Bonchev–Trinajstić information content (AvgIpc) is 2.73. The predicted molar refractivity (Wildman–Crippen MR) is 82.9 cm³/mol. The van der Waals surface area contributed by atoms with Crippen LogP contribution in [0.2, 0.25) is 0 Å². The molecule has 1 aliphatic heterocycles. The largest absolute Gasteiger partial charge is 0.397 e. The third-order valence-electron chi connectivity index (χ3n) is 3.99. The topological polar surface area (TPSA) is 66.6 Å². The third-order valence-corrected chi connectivity index (χ3v) is 5.10. The average molecular weight is 297 g/mol. The van der Waals surface area contributed by atoms with Crippen LogP contribution in [0.4, 0.5) is 11.4 Å². The van der Waals surface area contributed by atoms with E-state index in [1.807, 2.05) is 7.05 Å². The molecule has 0 radical (unpaired) electrons. The zero-order valence-corrected chi connectivity index (χ0v) is 13.2. The van der Waals surface area contributed by atoms with E-state index < -0.39 is 9.84 Å². The van der Waals surface area contributed by atoms with Crippen molar-refractivity contribution < 1.29 is 8.42 Å². The Labute approximate surface area is 121 Å². The fraction of sp³-hybridized carbons (Fsp3) is 0.571. The third kappa shape index (κ3) is 3.24. The number of anilines is 2. The van der Waals surface area contributed by atoms with E-state index in [-0.39, 0.29) is 4.90 Å². The van der Waals surface area contributed by atoms with Crippen molar-refractivity contribution in [2.45, 2.75) is 23.8 Å². The molecule has 0 bridgehead atoms. The Morgan fingerprint density at radius 2 is 2.15 bits per heavy atom.